The molecule has 4 rings (SSSR count). The molecule has 3 aliphatic rings. The fourth-order valence-corrected chi connectivity index (χ4v) is 5.40. The van der Waals surface area contributed by atoms with Crippen LogP contribution in [0.4, 0.5) is 0 Å². The van der Waals surface area contributed by atoms with Gasteiger partial charge in [-0.3, -0.25) is 9.69 Å². The molecule has 1 amide bonds. The quantitative estimate of drug-likeness (QED) is 0.923. The van der Waals surface area contributed by atoms with Crippen molar-refractivity contribution in [3.63, 3.8) is 0 Å². The maximum Gasteiger partial charge on any atom is 0.234 e. The highest BCUT2D eigenvalue weighted by Gasteiger charge is 2.51. The van der Waals surface area contributed by atoms with Gasteiger partial charge in [0.1, 0.15) is 0 Å². The van der Waals surface area contributed by atoms with E-state index in [1.54, 1.807) is 11.3 Å². The molecule has 3 fully saturated rings. The van der Waals surface area contributed by atoms with Gasteiger partial charge in [-0.15, -0.1) is 11.3 Å². The van der Waals surface area contributed by atoms with E-state index in [0.29, 0.717) is 13.1 Å². The van der Waals surface area contributed by atoms with Gasteiger partial charge in [-0.2, -0.15) is 0 Å². The van der Waals surface area contributed by atoms with Crippen LogP contribution in [-0.4, -0.2) is 30.4 Å². The Balaban J connectivity index is 1.27. The predicted octanol–water partition coefficient (Wildman–Crippen LogP) is 2.34. The SMILES string of the molecule is O=C(CN1C[C@@H]2[C@@H]3CC[C@@H](C3)[C@@H]2C1)NCc1cccs1. The first-order valence-electron chi connectivity index (χ1n) is 7.81. The Morgan fingerprint density at radius 1 is 1.30 bits per heavy atom. The number of likely N-dealkylation sites (tertiary alicyclic amines) is 1. The zero-order valence-electron chi connectivity index (χ0n) is 11.8. The molecule has 3 nitrogen and oxygen atoms in total. The molecule has 4 atom stereocenters. The Morgan fingerprint density at radius 3 is 2.70 bits per heavy atom. The summed E-state index contributed by atoms with van der Waals surface area (Å²) in [6.07, 6.45) is 4.38. The average molecular weight is 290 g/mol. The fourth-order valence-electron chi connectivity index (χ4n) is 4.76. The van der Waals surface area contributed by atoms with Crippen LogP contribution in [-0.2, 0) is 11.3 Å². The van der Waals surface area contributed by atoms with Crippen LogP contribution in [0.3, 0.4) is 0 Å². The van der Waals surface area contributed by atoms with Crippen molar-refractivity contribution < 1.29 is 4.79 Å². The van der Waals surface area contributed by atoms with Crippen molar-refractivity contribution in [2.75, 3.05) is 19.6 Å². The number of thiophene rings is 1. The highest BCUT2D eigenvalue weighted by Crippen LogP contribution is 2.54. The molecule has 2 heterocycles. The summed E-state index contributed by atoms with van der Waals surface area (Å²) in [5, 5.41) is 5.10. The van der Waals surface area contributed by atoms with E-state index in [9.17, 15) is 4.79 Å². The monoisotopic (exact) mass is 290 g/mol. The number of hydrogen-bond donors (Lipinski definition) is 1. The third-order valence-electron chi connectivity index (χ3n) is 5.62. The summed E-state index contributed by atoms with van der Waals surface area (Å²) in [7, 11) is 0. The highest BCUT2D eigenvalue weighted by atomic mass is 32.1. The van der Waals surface area contributed by atoms with Crippen LogP contribution in [0.2, 0.25) is 0 Å². The average Bonchev–Trinajstić information content (AvgIpc) is 3.18. The normalized spacial score (nSPS) is 35.4. The number of carbonyl (C=O) groups excluding carboxylic acids is 1. The molecule has 1 saturated heterocycles. The molecule has 2 saturated carbocycles. The van der Waals surface area contributed by atoms with E-state index in [0.717, 1.165) is 36.8 Å². The van der Waals surface area contributed by atoms with Crippen LogP contribution in [0.25, 0.3) is 0 Å². The van der Waals surface area contributed by atoms with Crippen LogP contribution in [0, 0.1) is 23.7 Å². The minimum absolute atomic E-state index is 0.186. The number of hydrogen-bond acceptors (Lipinski definition) is 3. The van der Waals surface area contributed by atoms with E-state index < -0.39 is 0 Å². The summed E-state index contributed by atoms with van der Waals surface area (Å²) < 4.78 is 0. The number of carbonyl (C=O) groups is 1. The first-order valence-corrected chi connectivity index (χ1v) is 8.69. The van der Waals surface area contributed by atoms with Gasteiger partial charge in [0, 0.05) is 18.0 Å². The lowest BCUT2D eigenvalue weighted by atomic mass is 9.82. The summed E-state index contributed by atoms with van der Waals surface area (Å²) in [5.74, 6) is 3.94. The molecule has 1 aromatic rings. The lowest BCUT2D eigenvalue weighted by molar-refractivity contribution is -0.122. The van der Waals surface area contributed by atoms with Gasteiger partial charge in [-0.05, 0) is 54.4 Å². The molecule has 2 aliphatic carbocycles. The lowest BCUT2D eigenvalue weighted by Gasteiger charge is -2.22. The second kappa shape index (κ2) is 5.15. The molecular weight excluding hydrogens is 268 g/mol. The summed E-state index contributed by atoms with van der Waals surface area (Å²) in [6, 6.07) is 4.10. The van der Waals surface area contributed by atoms with E-state index in [2.05, 4.69) is 21.7 Å². The van der Waals surface area contributed by atoms with Gasteiger partial charge < -0.3 is 5.32 Å². The Morgan fingerprint density at radius 2 is 2.05 bits per heavy atom. The minimum Gasteiger partial charge on any atom is -0.350 e. The Hall–Kier alpha value is -0.870. The number of rotatable bonds is 4. The number of nitrogens with zero attached hydrogens (tertiary/aromatic N) is 1. The third kappa shape index (κ3) is 2.29. The summed E-state index contributed by atoms with van der Waals surface area (Å²) in [5.41, 5.74) is 0. The van der Waals surface area contributed by atoms with Gasteiger partial charge in [-0.25, -0.2) is 0 Å². The molecular formula is C16H22N2OS. The largest absolute Gasteiger partial charge is 0.350 e. The van der Waals surface area contributed by atoms with Crippen LogP contribution in [0.15, 0.2) is 17.5 Å². The topological polar surface area (TPSA) is 32.3 Å². The van der Waals surface area contributed by atoms with Crippen molar-refractivity contribution in [2.45, 2.75) is 25.8 Å². The van der Waals surface area contributed by atoms with Crippen molar-refractivity contribution in [3.05, 3.63) is 22.4 Å². The van der Waals surface area contributed by atoms with Crippen LogP contribution < -0.4 is 5.32 Å². The van der Waals surface area contributed by atoms with Crippen LogP contribution in [0.1, 0.15) is 24.1 Å². The van der Waals surface area contributed by atoms with E-state index in [4.69, 9.17) is 0 Å². The first kappa shape index (κ1) is 12.8. The van der Waals surface area contributed by atoms with Crippen molar-refractivity contribution >= 4 is 17.2 Å². The standard InChI is InChI=1S/C16H22N2OS/c19-16(17-7-13-2-1-5-20-13)10-18-8-14-11-3-4-12(6-11)15(14)9-18/h1-2,5,11-12,14-15H,3-4,6-10H2,(H,17,19)/t11-,12+,14-,15+. The van der Waals surface area contributed by atoms with Gasteiger partial charge in [-0.1, -0.05) is 6.07 Å². The second-order valence-electron chi connectivity index (χ2n) is 6.71. The number of nitrogens with one attached hydrogen (secondary N) is 1. The van der Waals surface area contributed by atoms with Gasteiger partial charge in [0.25, 0.3) is 0 Å². The van der Waals surface area contributed by atoms with Crippen molar-refractivity contribution in [1.82, 2.24) is 10.2 Å². The molecule has 20 heavy (non-hydrogen) atoms. The Bertz CT molecular complexity index is 469. The van der Waals surface area contributed by atoms with Crippen LogP contribution in [0.5, 0.6) is 0 Å². The molecule has 1 aliphatic heterocycles. The zero-order chi connectivity index (χ0) is 13.5. The van der Waals surface area contributed by atoms with Gasteiger partial charge in [0.2, 0.25) is 5.91 Å². The molecule has 0 aromatic carbocycles. The fraction of sp³-hybridized carbons (Fsp3) is 0.688. The van der Waals surface area contributed by atoms with E-state index in [-0.39, 0.29) is 5.91 Å². The molecule has 1 aromatic heterocycles. The molecule has 2 bridgehead atoms. The number of fused-ring (bicyclic) bond motifs is 5. The molecule has 0 spiro atoms. The van der Waals surface area contributed by atoms with Crippen LogP contribution >= 0.6 is 11.3 Å². The Labute approximate surface area is 124 Å². The second-order valence-corrected chi connectivity index (χ2v) is 7.74. The third-order valence-corrected chi connectivity index (χ3v) is 6.50. The van der Waals surface area contributed by atoms with E-state index in [1.807, 2.05) is 6.07 Å². The van der Waals surface area contributed by atoms with Gasteiger partial charge >= 0.3 is 0 Å². The molecule has 1 N–H and O–H groups in total. The summed E-state index contributed by atoms with van der Waals surface area (Å²) >= 11 is 1.70. The molecule has 108 valence electrons. The molecule has 0 unspecified atom stereocenters. The lowest BCUT2D eigenvalue weighted by Crippen LogP contribution is -2.36. The predicted molar refractivity (Wildman–Crippen MR) is 80.4 cm³/mol. The summed E-state index contributed by atoms with van der Waals surface area (Å²) in [6.45, 7) is 3.61. The zero-order valence-corrected chi connectivity index (χ0v) is 12.6. The molecule has 0 radical (unpaired) electrons. The van der Waals surface area contributed by atoms with E-state index >= 15 is 0 Å². The smallest absolute Gasteiger partial charge is 0.234 e. The maximum atomic E-state index is 12.0. The van der Waals surface area contributed by atoms with E-state index in [1.165, 1.54) is 24.1 Å². The van der Waals surface area contributed by atoms with Gasteiger partial charge in [0.05, 0.1) is 13.1 Å². The molecule has 4 heteroatoms. The maximum absolute atomic E-state index is 12.0. The first-order chi connectivity index (χ1) is 9.79. The summed E-state index contributed by atoms with van der Waals surface area (Å²) in [4.78, 5) is 15.7. The minimum atomic E-state index is 0.186. The van der Waals surface area contributed by atoms with Gasteiger partial charge in [0.15, 0.2) is 0 Å². The highest BCUT2D eigenvalue weighted by molar-refractivity contribution is 7.09. The van der Waals surface area contributed by atoms with Crippen molar-refractivity contribution in [1.29, 1.82) is 0 Å². The number of amides is 1. The van der Waals surface area contributed by atoms with Crippen molar-refractivity contribution in [3.8, 4) is 0 Å². The van der Waals surface area contributed by atoms with Crippen molar-refractivity contribution in [2.24, 2.45) is 23.7 Å². The Kier molecular flexibility index (Phi) is 3.31.